The minimum atomic E-state index is -1.57. The van der Waals surface area contributed by atoms with Crippen molar-refractivity contribution in [3.05, 3.63) is 0 Å². The van der Waals surface area contributed by atoms with Crippen molar-refractivity contribution in [2.75, 3.05) is 14.1 Å². The molecule has 0 bridgehead atoms. The molecule has 0 fully saturated rings. The number of nitrogens with zero attached hydrogens (tertiary/aromatic N) is 1. The molecule has 0 unspecified atom stereocenters. The second kappa shape index (κ2) is 3.31. The van der Waals surface area contributed by atoms with Crippen molar-refractivity contribution < 1.29 is 13.8 Å². The van der Waals surface area contributed by atoms with E-state index in [1.807, 2.05) is 14.1 Å². The first-order chi connectivity index (χ1) is 2.64. The molecule has 0 aliphatic rings. The fourth-order valence-electron chi connectivity index (χ4n) is 0. The van der Waals surface area contributed by atoms with Crippen LogP contribution in [0, 0.1) is 0 Å². The third-order valence-electron chi connectivity index (χ3n) is 0.566. The summed E-state index contributed by atoms with van der Waals surface area (Å²) in [6.45, 7) is 0. The minimum absolute atomic E-state index is 1.57. The van der Waals surface area contributed by atoms with Gasteiger partial charge in [0, 0.05) is 0 Å². The van der Waals surface area contributed by atoms with Crippen LogP contribution in [0.4, 0.5) is 0 Å². The van der Waals surface area contributed by atoms with E-state index in [1.165, 1.54) is 0 Å². The van der Waals surface area contributed by atoms with Crippen molar-refractivity contribution in [3.63, 3.8) is 0 Å². The van der Waals surface area contributed by atoms with E-state index < -0.39 is 13.8 Å². The van der Waals surface area contributed by atoms with Gasteiger partial charge in [-0.05, 0) is 0 Å². The fourth-order valence-corrected chi connectivity index (χ4v) is 0. The first-order valence-corrected chi connectivity index (χ1v) is 12.4. The molecule has 1 nitrogen and oxygen atoms in total. The molecule has 0 spiro atoms. The first kappa shape index (κ1) is 7.28. The van der Waals surface area contributed by atoms with Crippen LogP contribution in [0.15, 0.2) is 0 Å². The average molecular weight is 176 g/mol. The molecular weight excluding hydrogens is 168 g/mol. The van der Waals surface area contributed by atoms with Gasteiger partial charge in [-0.15, -0.1) is 0 Å². The molecule has 0 aliphatic heterocycles. The van der Waals surface area contributed by atoms with Crippen LogP contribution in [-0.2, 0) is 13.8 Å². The van der Waals surface area contributed by atoms with Crippen molar-refractivity contribution in [1.82, 2.24) is 3.64 Å². The van der Waals surface area contributed by atoms with E-state index in [0.717, 1.165) is 0 Å². The molecule has 0 radical (unpaired) electrons. The maximum absolute atomic E-state index is 4.19. The van der Waals surface area contributed by atoms with Crippen LogP contribution in [0.25, 0.3) is 0 Å². The van der Waals surface area contributed by atoms with Gasteiger partial charge in [0.2, 0.25) is 0 Å². The predicted octanol–water partition coefficient (Wildman–Crippen LogP) is 0.771. The van der Waals surface area contributed by atoms with Crippen LogP contribution in [-0.4, -0.2) is 17.7 Å². The molecule has 4 heteroatoms. The summed E-state index contributed by atoms with van der Waals surface area (Å²) in [4.78, 5) is 0. The Morgan fingerprint density at radius 1 is 1.33 bits per heavy atom. The molecule has 0 N–H and O–H groups in total. The summed E-state index contributed by atoms with van der Waals surface area (Å²) in [5.41, 5.74) is 0. The Morgan fingerprint density at radius 3 is 1.50 bits per heavy atom. The van der Waals surface area contributed by atoms with Crippen molar-refractivity contribution in [2.45, 2.75) is 0 Å². The molecule has 0 heterocycles. The molecule has 6 heavy (non-hydrogen) atoms. The van der Waals surface area contributed by atoms with E-state index in [-0.39, 0.29) is 0 Å². The molecule has 0 amide bonds. The van der Waals surface area contributed by atoms with Gasteiger partial charge in [0.1, 0.15) is 0 Å². The molecular formula is C2H8NS2Zn. The second-order valence-corrected chi connectivity index (χ2v) is 14.8. The van der Waals surface area contributed by atoms with Crippen molar-refractivity contribution in [1.29, 1.82) is 0 Å². The summed E-state index contributed by atoms with van der Waals surface area (Å²) in [5, 5.41) is 0. The average Bonchev–Trinajstić information content (AvgIpc) is 1.36. The molecule has 0 aromatic rings. The summed E-state index contributed by atoms with van der Waals surface area (Å²) >= 11 is -1.57. The topological polar surface area (TPSA) is 3.24 Å². The second-order valence-electron chi connectivity index (χ2n) is 1.50. The van der Waals surface area contributed by atoms with E-state index in [9.17, 15) is 0 Å². The number of hydrogen-bond acceptors (Lipinski definition) is 3. The maximum atomic E-state index is 4.19. The van der Waals surface area contributed by atoms with E-state index in [2.05, 4.69) is 24.9 Å². The Balaban J connectivity index is 2.99. The number of rotatable bonds is 1. The van der Waals surface area contributed by atoms with E-state index in [1.54, 1.807) is 0 Å². The molecule has 0 aliphatic carbocycles. The van der Waals surface area contributed by atoms with Crippen molar-refractivity contribution in [3.8, 4) is 0 Å². The molecule has 0 saturated heterocycles. The summed E-state index contributed by atoms with van der Waals surface area (Å²) in [5.74, 6) is 0. The Kier molecular flexibility index (Phi) is 4.01. The standard InChI is InChI=1S/C2H6N.2H2S.Zn/c1-3-2;;;/h1-2H3;2*1H2;/q-1;;;+3/p-2. The Bertz CT molecular complexity index is 32.5. The predicted molar refractivity (Wildman–Crippen MR) is 31.7 cm³/mol. The van der Waals surface area contributed by atoms with Gasteiger partial charge in [0.25, 0.3) is 0 Å². The summed E-state index contributed by atoms with van der Waals surface area (Å²) in [6, 6.07) is 0. The summed E-state index contributed by atoms with van der Waals surface area (Å²) in [7, 11) is 12.4. The number of thiol groups is 2. The molecule has 0 atom stereocenters. The van der Waals surface area contributed by atoms with Crippen molar-refractivity contribution in [2.24, 2.45) is 0 Å². The van der Waals surface area contributed by atoms with Gasteiger partial charge in [-0.2, -0.15) is 0 Å². The van der Waals surface area contributed by atoms with Crippen LogP contribution in [0.1, 0.15) is 0 Å². The van der Waals surface area contributed by atoms with Crippen LogP contribution in [0.5, 0.6) is 0 Å². The summed E-state index contributed by atoms with van der Waals surface area (Å²) < 4.78 is 2.10. The normalized spacial score (nSPS) is 9.50. The molecule has 0 aromatic heterocycles. The monoisotopic (exact) mass is 174 g/mol. The van der Waals surface area contributed by atoms with Crippen LogP contribution in [0.3, 0.4) is 0 Å². The molecule has 35 valence electrons. The Labute approximate surface area is 52.8 Å². The van der Waals surface area contributed by atoms with E-state index in [0.29, 0.717) is 0 Å². The zero-order chi connectivity index (χ0) is 5.15. The zero-order valence-electron chi connectivity index (χ0n) is 4.05. The number of hydrogen-bond donors (Lipinski definition) is 2. The van der Waals surface area contributed by atoms with E-state index in [4.69, 9.17) is 0 Å². The van der Waals surface area contributed by atoms with Crippen LogP contribution in [0.2, 0.25) is 0 Å². The van der Waals surface area contributed by atoms with Gasteiger partial charge < -0.3 is 0 Å². The molecule has 0 rings (SSSR count). The van der Waals surface area contributed by atoms with Gasteiger partial charge in [0.15, 0.2) is 0 Å². The Morgan fingerprint density at radius 2 is 1.50 bits per heavy atom. The Hall–Kier alpha value is 1.28. The van der Waals surface area contributed by atoms with Gasteiger partial charge in [-0.25, -0.2) is 0 Å². The zero-order valence-corrected chi connectivity index (χ0v) is 8.80. The third-order valence-corrected chi connectivity index (χ3v) is 8.82. The molecule has 0 aromatic carbocycles. The molecule has 0 saturated carbocycles. The van der Waals surface area contributed by atoms with Gasteiger partial charge in [-0.3, -0.25) is 0 Å². The quantitative estimate of drug-likeness (QED) is 0.440. The van der Waals surface area contributed by atoms with Gasteiger partial charge in [-0.1, -0.05) is 0 Å². The van der Waals surface area contributed by atoms with Gasteiger partial charge >= 0.3 is 52.7 Å². The van der Waals surface area contributed by atoms with Crippen LogP contribution < -0.4 is 0 Å². The SMILES string of the molecule is C[N](C)[Zn]([SH])[SH]. The third kappa shape index (κ3) is 3.47. The van der Waals surface area contributed by atoms with Gasteiger partial charge in [0.05, 0.1) is 0 Å². The van der Waals surface area contributed by atoms with Crippen LogP contribution >= 0.6 is 21.2 Å². The summed E-state index contributed by atoms with van der Waals surface area (Å²) in [6.07, 6.45) is 0. The van der Waals surface area contributed by atoms with Crippen molar-refractivity contribution >= 4 is 21.2 Å². The first-order valence-electron chi connectivity index (χ1n) is 1.84. The fraction of sp³-hybridized carbons (Fsp3) is 1.00. The van der Waals surface area contributed by atoms with E-state index >= 15 is 0 Å².